The predicted octanol–water partition coefficient (Wildman–Crippen LogP) is 5.79. The third-order valence-electron chi connectivity index (χ3n) is 5.74. The number of nitrogens with zero attached hydrogens (tertiary/aromatic N) is 1. The second-order valence-corrected chi connectivity index (χ2v) is 9.11. The monoisotopic (exact) mass is 509 g/mol. The van der Waals surface area contributed by atoms with Gasteiger partial charge in [-0.25, -0.2) is 14.6 Å². The number of ether oxygens (including phenoxy) is 2. The maximum absolute atomic E-state index is 12.8. The molecule has 35 heavy (non-hydrogen) atoms. The molecule has 0 saturated heterocycles. The summed E-state index contributed by atoms with van der Waals surface area (Å²) in [6, 6.07) is 15.0. The molecule has 0 unspecified atom stereocenters. The SMILES string of the molecule is COC(=O)C1=C(C)NC(C)=C(C(=O)OC)C1c1ccccc1Nc1nc(-c2ccccc2Cl)cs1. The van der Waals surface area contributed by atoms with E-state index in [4.69, 9.17) is 26.1 Å². The van der Waals surface area contributed by atoms with Gasteiger partial charge in [-0.15, -0.1) is 11.3 Å². The number of carbonyl (C=O) groups excluding carboxylic acids is 2. The molecule has 0 fully saturated rings. The number of aromatic nitrogens is 1. The van der Waals surface area contributed by atoms with Gasteiger partial charge >= 0.3 is 11.9 Å². The summed E-state index contributed by atoms with van der Waals surface area (Å²) in [6.07, 6.45) is 0. The standard InChI is InChI=1S/C26H24ClN3O4S/c1-14-21(24(31)33-3)23(22(15(2)28-14)25(32)34-4)17-10-6-8-12-19(17)29-26-30-20(13-35-26)16-9-5-7-11-18(16)27/h5-13,23,28H,1-4H3,(H,29,30). The van der Waals surface area contributed by atoms with Gasteiger partial charge in [-0.05, 0) is 31.5 Å². The second-order valence-electron chi connectivity index (χ2n) is 7.85. The number of thiazole rings is 1. The molecule has 2 aromatic carbocycles. The zero-order valence-electron chi connectivity index (χ0n) is 19.6. The van der Waals surface area contributed by atoms with E-state index in [0.717, 1.165) is 11.3 Å². The van der Waals surface area contributed by atoms with E-state index in [9.17, 15) is 9.59 Å². The highest BCUT2D eigenvalue weighted by Crippen LogP contribution is 2.43. The lowest BCUT2D eigenvalue weighted by molar-refractivity contribution is -0.137. The van der Waals surface area contributed by atoms with Crippen molar-refractivity contribution >= 4 is 45.7 Å². The Kier molecular flexibility index (Phi) is 7.23. The first kappa shape index (κ1) is 24.5. The topological polar surface area (TPSA) is 89.5 Å². The van der Waals surface area contributed by atoms with Crippen molar-refractivity contribution < 1.29 is 19.1 Å². The van der Waals surface area contributed by atoms with Crippen LogP contribution >= 0.6 is 22.9 Å². The van der Waals surface area contributed by atoms with Gasteiger partial charge < -0.3 is 20.1 Å². The first-order chi connectivity index (χ1) is 16.8. The van der Waals surface area contributed by atoms with Crippen molar-refractivity contribution in [1.29, 1.82) is 0 Å². The molecule has 0 bridgehead atoms. The van der Waals surface area contributed by atoms with Crippen LogP contribution in [0.3, 0.4) is 0 Å². The van der Waals surface area contributed by atoms with Gasteiger partial charge in [0.2, 0.25) is 0 Å². The molecule has 9 heteroatoms. The summed E-state index contributed by atoms with van der Waals surface area (Å²) < 4.78 is 10.2. The molecule has 0 radical (unpaired) electrons. The number of methoxy groups -OCH3 is 2. The van der Waals surface area contributed by atoms with Crippen LogP contribution in [0, 0.1) is 0 Å². The molecule has 0 amide bonds. The van der Waals surface area contributed by atoms with Crippen LogP contribution in [0.15, 0.2) is 76.5 Å². The van der Waals surface area contributed by atoms with Gasteiger partial charge in [0.05, 0.1) is 37.0 Å². The Morgan fingerprint density at radius 2 is 1.57 bits per heavy atom. The van der Waals surface area contributed by atoms with E-state index in [2.05, 4.69) is 10.6 Å². The highest BCUT2D eigenvalue weighted by Gasteiger charge is 2.38. The van der Waals surface area contributed by atoms with Crippen molar-refractivity contribution in [1.82, 2.24) is 10.3 Å². The van der Waals surface area contributed by atoms with Gasteiger partial charge in [-0.2, -0.15) is 0 Å². The van der Waals surface area contributed by atoms with Crippen molar-refractivity contribution in [3.8, 4) is 11.3 Å². The van der Waals surface area contributed by atoms with Gasteiger partial charge in [-0.1, -0.05) is 48.0 Å². The van der Waals surface area contributed by atoms with Gasteiger partial charge in [0.25, 0.3) is 0 Å². The van der Waals surface area contributed by atoms with E-state index in [-0.39, 0.29) is 0 Å². The number of carbonyl (C=O) groups is 2. The van der Waals surface area contributed by atoms with Gasteiger partial charge in [0.1, 0.15) is 0 Å². The predicted molar refractivity (Wildman–Crippen MR) is 138 cm³/mol. The highest BCUT2D eigenvalue weighted by molar-refractivity contribution is 7.14. The summed E-state index contributed by atoms with van der Waals surface area (Å²) in [5.41, 5.74) is 4.88. The summed E-state index contributed by atoms with van der Waals surface area (Å²) in [5.74, 6) is -1.76. The van der Waals surface area contributed by atoms with E-state index in [0.29, 0.717) is 43.9 Å². The summed E-state index contributed by atoms with van der Waals surface area (Å²) in [7, 11) is 2.64. The van der Waals surface area contributed by atoms with E-state index < -0.39 is 17.9 Å². The Morgan fingerprint density at radius 1 is 0.971 bits per heavy atom. The van der Waals surface area contributed by atoms with E-state index in [1.54, 1.807) is 13.8 Å². The number of nitrogens with one attached hydrogen (secondary N) is 2. The van der Waals surface area contributed by atoms with Crippen LogP contribution in [0.25, 0.3) is 11.3 Å². The van der Waals surface area contributed by atoms with Gasteiger partial charge in [0, 0.05) is 33.0 Å². The largest absolute Gasteiger partial charge is 0.466 e. The number of benzene rings is 2. The molecule has 1 aliphatic heterocycles. The molecule has 0 saturated carbocycles. The lowest BCUT2D eigenvalue weighted by atomic mass is 9.79. The molecular formula is C26H24ClN3O4S. The number of dihydropyridines is 1. The third-order valence-corrected chi connectivity index (χ3v) is 6.83. The number of halogens is 1. The third kappa shape index (κ3) is 4.80. The maximum atomic E-state index is 12.8. The summed E-state index contributed by atoms with van der Waals surface area (Å²) >= 11 is 7.77. The molecule has 1 aromatic heterocycles. The molecule has 3 aromatic rings. The molecule has 4 rings (SSSR count). The fourth-order valence-corrected chi connectivity index (χ4v) is 5.12. The number of allylic oxidation sites excluding steroid dienone is 2. The van der Waals surface area contributed by atoms with Gasteiger partial charge in [-0.3, -0.25) is 0 Å². The van der Waals surface area contributed by atoms with Crippen LogP contribution in [0.5, 0.6) is 0 Å². The van der Waals surface area contributed by atoms with Crippen LogP contribution in [0.1, 0.15) is 25.3 Å². The molecule has 180 valence electrons. The van der Waals surface area contributed by atoms with Crippen molar-refractivity contribution in [2.24, 2.45) is 0 Å². The van der Waals surface area contributed by atoms with Crippen molar-refractivity contribution in [3.05, 3.63) is 87.0 Å². The Hall–Kier alpha value is -3.62. The van der Waals surface area contributed by atoms with Crippen molar-refractivity contribution in [2.45, 2.75) is 19.8 Å². The second kappa shape index (κ2) is 10.3. The first-order valence-corrected chi connectivity index (χ1v) is 12.0. The minimum atomic E-state index is -0.706. The van der Waals surface area contributed by atoms with Crippen LogP contribution in [0.4, 0.5) is 10.8 Å². The molecule has 7 nitrogen and oxygen atoms in total. The Balaban J connectivity index is 1.79. The van der Waals surface area contributed by atoms with Crippen LogP contribution in [0.2, 0.25) is 5.02 Å². The van der Waals surface area contributed by atoms with Gasteiger partial charge in [0.15, 0.2) is 5.13 Å². The number of hydrogen-bond donors (Lipinski definition) is 2. The fourth-order valence-electron chi connectivity index (χ4n) is 4.17. The maximum Gasteiger partial charge on any atom is 0.336 e. The minimum absolute atomic E-state index is 0.337. The molecule has 0 atom stereocenters. The van der Waals surface area contributed by atoms with E-state index in [1.165, 1.54) is 25.6 Å². The average molecular weight is 510 g/mol. The summed E-state index contributed by atoms with van der Waals surface area (Å²) in [4.78, 5) is 30.4. The highest BCUT2D eigenvalue weighted by atomic mass is 35.5. The van der Waals surface area contributed by atoms with Crippen molar-refractivity contribution in [3.63, 3.8) is 0 Å². The molecule has 1 aliphatic rings. The van der Waals surface area contributed by atoms with E-state index >= 15 is 0 Å². The molecule has 2 heterocycles. The number of esters is 2. The minimum Gasteiger partial charge on any atom is -0.466 e. The van der Waals surface area contributed by atoms with Crippen LogP contribution < -0.4 is 10.6 Å². The van der Waals surface area contributed by atoms with Crippen LogP contribution in [-0.4, -0.2) is 31.1 Å². The van der Waals surface area contributed by atoms with Crippen LogP contribution in [-0.2, 0) is 19.1 Å². The molecule has 0 aliphatic carbocycles. The summed E-state index contributed by atoms with van der Waals surface area (Å²) in [5, 5.41) is 9.66. The number of hydrogen-bond acceptors (Lipinski definition) is 8. The Labute approximate surface area is 212 Å². The number of anilines is 2. The number of rotatable bonds is 6. The summed E-state index contributed by atoms with van der Waals surface area (Å²) in [6.45, 7) is 3.56. The first-order valence-electron chi connectivity index (χ1n) is 10.8. The lowest BCUT2D eigenvalue weighted by Gasteiger charge is -2.31. The Bertz CT molecular complexity index is 1320. The molecule has 2 N–H and O–H groups in total. The zero-order chi connectivity index (χ0) is 25.1. The quantitative estimate of drug-likeness (QED) is 0.406. The molecule has 0 spiro atoms. The van der Waals surface area contributed by atoms with E-state index in [1.807, 2.05) is 53.9 Å². The normalized spacial score (nSPS) is 14.0. The fraction of sp³-hybridized carbons (Fsp3) is 0.192. The lowest BCUT2D eigenvalue weighted by Crippen LogP contribution is -2.32. The van der Waals surface area contributed by atoms with Crippen molar-refractivity contribution in [2.75, 3.05) is 19.5 Å². The Morgan fingerprint density at radius 3 is 2.20 bits per heavy atom. The zero-order valence-corrected chi connectivity index (χ0v) is 21.2. The average Bonchev–Trinajstić information content (AvgIpc) is 3.31. The molecular weight excluding hydrogens is 486 g/mol. The number of para-hydroxylation sites is 1. The smallest absolute Gasteiger partial charge is 0.336 e.